The standard InChI is InChI=1S/C19H24ClN3O/c1-3-23(4-2)11-10-21-19(24)18-14-6-5-7-16(14)22-17-9-8-13(20)12-15(17)18/h8-9,12H,3-7,10-11H2,1-2H3,(H,21,24). The van der Waals surface area contributed by atoms with Crippen LogP contribution >= 0.6 is 11.6 Å². The molecule has 1 aliphatic rings. The van der Waals surface area contributed by atoms with E-state index in [4.69, 9.17) is 16.6 Å². The van der Waals surface area contributed by atoms with Crippen LogP contribution in [0.4, 0.5) is 0 Å². The fourth-order valence-electron chi connectivity index (χ4n) is 3.45. The molecule has 128 valence electrons. The Bertz CT molecular complexity index is 756. The van der Waals surface area contributed by atoms with Crippen molar-refractivity contribution in [3.63, 3.8) is 0 Å². The molecule has 1 aliphatic carbocycles. The van der Waals surface area contributed by atoms with Crippen molar-refractivity contribution in [1.29, 1.82) is 0 Å². The Kier molecular flexibility index (Phi) is 5.36. The number of rotatable bonds is 6. The largest absolute Gasteiger partial charge is 0.351 e. The molecule has 0 saturated carbocycles. The molecule has 0 radical (unpaired) electrons. The number of likely N-dealkylation sites (N-methyl/N-ethyl adjacent to an activating group) is 1. The number of pyridine rings is 1. The fraction of sp³-hybridized carbons (Fsp3) is 0.474. The molecule has 0 fully saturated rings. The molecule has 1 heterocycles. The van der Waals surface area contributed by atoms with Crippen molar-refractivity contribution >= 4 is 28.4 Å². The molecule has 4 nitrogen and oxygen atoms in total. The summed E-state index contributed by atoms with van der Waals surface area (Å²) in [5.41, 5.74) is 3.80. The van der Waals surface area contributed by atoms with Crippen LogP contribution in [0.2, 0.25) is 5.02 Å². The van der Waals surface area contributed by atoms with Crippen LogP contribution in [0, 0.1) is 0 Å². The van der Waals surface area contributed by atoms with E-state index < -0.39 is 0 Å². The van der Waals surface area contributed by atoms with Crippen molar-refractivity contribution in [2.45, 2.75) is 33.1 Å². The number of aromatic nitrogens is 1. The molecule has 0 atom stereocenters. The number of halogens is 1. The van der Waals surface area contributed by atoms with Crippen LogP contribution < -0.4 is 5.32 Å². The second-order valence-electron chi connectivity index (χ2n) is 6.21. The highest BCUT2D eigenvalue weighted by Crippen LogP contribution is 2.31. The van der Waals surface area contributed by atoms with Gasteiger partial charge in [0.1, 0.15) is 0 Å². The monoisotopic (exact) mass is 345 g/mol. The highest BCUT2D eigenvalue weighted by molar-refractivity contribution is 6.31. The lowest BCUT2D eigenvalue weighted by molar-refractivity contribution is 0.0949. The first-order valence-corrected chi connectivity index (χ1v) is 9.13. The number of hydrogen-bond acceptors (Lipinski definition) is 3. The molecule has 24 heavy (non-hydrogen) atoms. The van der Waals surface area contributed by atoms with Crippen LogP contribution in [-0.4, -0.2) is 42.0 Å². The van der Waals surface area contributed by atoms with Crippen molar-refractivity contribution in [2.24, 2.45) is 0 Å². The molecule has 1 N–H and O–H groups in total. The van der Waals surface area contributed by atoms with E-state index in [1.807, 2.05) is 18.2 Å². The highest BCUT2D eigenvalue weighted by atomic mass is 35.5. The SMILES string of the molecule is CCN(CC)CCNC(=O)c1c2c(nc3ccc(Cl)cc13)CCC2. The first kappa shape index (κ1) is 17.2. The number of nitrogens with one attached hydrogen (secondary N) is 1. The number of amides is 1. The summed E-state index contributed by atoms with van der Waals surface area (Å²) in [6.07, 6.45) is 2.93. The quantitative estimate of drug-likeness (QED) is 0.872. The predicted molar refractivity (Wildman–Crippen MR) is 98.9 cm³/mol. The summed E-state index contributed by atoms with van der Waals surface area (Å²) in [5.74, 6) is -0.00465. The van der Waals surface area contributed by atoms with Gasteiger partial charge in [0, 0.05) is 29.2 Å². The smallest absolute Gasteiger partial charge is 0.252 e. The third-order valence-corrected chi connectivity index (χ3v) is 5.04. The minimum atomic E-state index is -0.00465. The van der Waals surface area contributed by atoms with Gasteiger partial charge in [-0.05, 0) is 56.1 Å². The van der Waals surface area contributed by atoms with Crippen molar-refractivity contribution < 1.29 is 4.79 Å². The average molecular weight is 346 g/mol. The summed E-state index contributed by atoms with van der Waals surface area (Å²) in [4.78, 5) is 19.9. The summed E-state index contributed by atoms with van der Waals surface area (Å²) in [5, 5.41) is 4.59. The summed E-state index contributed by atoms with van der Waals surface area (Å²) < 4.78 is 0. The number of hydrogen-bond donors (Lipinski definition) is 1. The van der Waals surface area contributed by atoms with Gasteiger partial charge in [0.15, 0.2) is 0 Å². The minimum Gasteiger partial charge on any atom is -0.351 e. The molecule has 1 aromatic heterocycles. The first-order valence-electron chi connectivity index (χ1n) is 8.75. The number of fused-ring (bicyclic) bond motifs is 2. The van der Waals surface area contributed by atoms with Crippen LogP contribution in [0.3, 0.4) is 0 Å². The Morgan fingerprint density at radius 3 is 2.83 bits per heavy atom. The average Bonchev–Trinajstić information content (AvgIpc) is 3.04. The maximum atomic E-state index is 12.9. The molecular weight excluding hydrogens is 322 g/mol. The lowest BCUT2D eigenvalue weighted by atomic mass is 10.0. The minimum absolute atomic E-state index is 0.00465. The molecule has 0 aliphatic heterocycles. The van der Waals surface area contributed by atoms with Crippen LogP contribution in [0.5, 0.6) is 0 Å². The Labute approximate surface area is 148 Å². The summed E-state index contributed by atoms with van der Waals surface area (Å²) >= 11 is 6.16. The van der Waals surface area contributed by atoms with Crippen LogP contribution in [0.25, 0.3) is 10.9 Å². The molecule has 3 rings (SSSR count). The van der Waals surface area contributed by atoms with Gasteiger partial charge in [-0.3, -0.25) is 9.78 Å². The second kappa shape index (κ2) is 7.49. The van der Waals surface area contributed by atoms with Gasteiger partial charge in [-0.25, -0.2) is 0 Å². The Morgan fingerprint density at radius 1 is 1.29 bits per heavy atom. The number of carbonyl (C=O) groups excluding carboxylic acids is 1. The van der Waals surface area contributed by atoms with Gasteiger partial charge in [0.2, 0.25) is 0 Å². The lowest BCUT2D eigenvalue weighted by Gasteiger charge is -2.18. The molecule has 2 aromatic rings. The number of carbonyl (C=O) groups is 1. The topological polar surface area (TPSA) is 45.2 Å². The van der Waals surface area contributed by atoms with E-state index in [-0.39, 0.29) is 5.91 Å². The van der Waals surface area contributed by atoms with E-state index in [2.05, 4.69) is 24.1 Å². The zero-order valence-electron chi connectivity index (χ0n) is 14.4. The Hall–Kier alpha value is -1.65. The van der Waals surface area contributed by atoms with Crippen molar-refractivity contribution in [3.8, 4) is 0 Å². The summed E-state index contributed by atoms with van der Waals surface area (Å²) in [7, 11) is 0. The second-order valence-corrected chi connectivity index (χ2v) is 6.65. The number of benzene rings is 1. The third-order valence-electron chi connectivity index (χ3n) is 4.81. The van der Waals surface area contributed by atoms with E-state index in [0.717, 1.165) is 66.6 Å². The zero-order valence-corrected chi connectivity index (χ0v) is 15.1. The van der Waals surface area contributed by atoms with Crippen molar-refractivity contribution in [3.05, 3.63) is 40.0 Å². The van der Waals surface area contributed by atoms with Crippen LogP contribution in [-0.2, 0) is 12.8 Å². The maximum absolute atomic E-state index is 12.9. The Balaban J connectivity index is 1.90. The lowest BCUT2D eigenvalue weighted by Crippen LogP contribution is -2.35. The van der Waals surface area contributed by atoms with Gasteiger partial charge in [0.25, 0.3) is 5.91 Å². The summed E-state index contributed by atoms with van der Waals surface area (Å²) in [6, 6.07) is 5.60. The van der Waals surface area contributed by atoms with Gasteiger partial charge < -0.3 is 10.2 Å². The van der Waals surface area contributed by atoms with Crippen LogP contribution in [0.15, 0.2) is 18.2 Å². The molecule has 0 unspecified atom stereocenters. The first-order chi connectivity index (χ1) is 11.6. The molecule has 1 aromatic carbocycles. The van der Waals surface area contributed by atoms with Gasteiger partial charge in [-0.2, -0.15) is 0 Å². The van der Waals surface area contributed by atoms with Crippen LogP contribution in [0.1, 0.15) is 41.9 Å². The van der Waals surface area contributed by atoms with E-state index in [1.165, 1.54) is 0 Å². The highest BCUT2D eigenvalue weighted by Gasteiger charge is 2.23. The van der Waals surface area contributed by atoms with Gasteiger partial charge in [-0.15, -0.1) is 0 Å². The van der Waals surface area contributed by atoms with E-state index in [9.17, 15) is 4.79 Å². The van der Waals surface area contributed by atoms with Gasteiger partial charge in [-0.1, -0.05) is 25.4 Å². The van der Waals surface area contributed by atoms with Gasteiger partial charge >= 0.3 is 0 Å². The third kappa shape index (κ3) is 3.40. The summed E-state index contributed by atoms with van der Waals surface area (Å²) in [6.45, 7) is 7.78. The normalized spacial score (nSPS) is 13.5. The molecule has 0 bridgehead atoms. The zero-order chi connectivity index (χ0) is 17.1. The predicted octanol–water partition coefficient (Wildman–Crippen LogP) is 3.45. The van der Waals surface area contributed by atoms with Crippen molar-refractivity contribution in [1.82, 2.24) is 15.2 Å². The maximum Gasteiger partial charge on any atom is 0.252 e. The molecule has 0 spiro atoms. The van der Waals surface area contributed by atoms with E-state index in [1.54, 1.807) is 0 Å². The Morgan fingerprint density at radius 2 is 2.08 bits per heavy atom. The van der Waals surface area contributed by atoms with E-state index >= 15 is 0 Å². The number of nitrogens with zero attached hydrogens (tertiary/aromatic N) is 2. The van der Waals surface area contributed by atoms with Gasteiger partial charge in [0.05, 0.1) is 11.1 Å². The molecule has 1 amide bonds. The molecule has 5 heteroatoms. The fourth-order valence-corrected chi connectivity index (χ4v) is 3.62. The molecular formula is C19H24ClN3O. The number of aryl methyl sites for hydroxylation is 1. The van der Waals surface area contributed by atoms with Crippen molar-refractivity contribution in [2.75, 3.05) is 26.2 Å². The van der Waals surface area contributed by atoms with E-state index in [0.29, 0.717) is 11.6 Å². The molecule has 0 saturated heterocycles.